The van der Waals surface area contributed by atoms with Crippen molar-refractivity contribution in [1.82, 2.24) is 0 Å². The fourth-order valence-corrected chi connectivity index (χ4v) is 7.16. The summed E-state index contributed by atoms with van der Waals surface area (Å²) in [5.74, 6) is 0. The number of alkyl halides is 6. The first kappa shape index (κ1) is 28.3. The Hall–Kier alpha value is -5.52. The summed E-state index contributed by atoms with van der Waals surface area (Å²) in [7, 11) is 0. The van der Waals surface area contributed by atoms with Crippen LogP contribution in [-0.4, -0.2) is 0 Å². The lowest BCUT2D eigenvalue weighted by atomic mass is 10.00. The van der Waals surface area contributed by atoms with Crippen LogP contribution in [0.15, 0.2) is 94.9 Å². The van der Waals surface area contributed by atoms with E-state index in [4.69, 9.17) is 0 Å². The Kier molecular flexibility index (Phi) is 6.29. The lowest BCUT2D eigenvalue weighted by Crippen LogP contribution is -2.04. The molecule has 11 heteroatoms. The highest BCUT2D eigenvalue weighted by atomic mass is 32.1. The number of benzene rings is 4. The van der Waals surface area contributed by atoms with Gasteiger partial charge < -0.3 is 0 Å². The molecule has 0 saturated carbocycles. The molecule has 0 aliphatic rings. The Labute approximate surface area is 253 Å². The van der Waals surface area contributed by atoms with Crippen molar-refractivity contribution in [2.45, 2.75) is 12.4 Å². The minimum absolute atomic E-state index is 0.412. The zero-order valence-corrected chi connectivity index (χ0v) is 23.4. The highest BCUT2D eigenvalue weighted by Gasteiger charge is 2.31. The van der Waals surface area contributed by atoms with E-state index in [-0.39, 0.29) is 0 Å². The van der Waals surface area contributed by atoms with Crippen molar-refractivity contribution in [2.75, 3.05) is 0 Å². The summed E-state index contributed by atoms with van der Waals surface area (Å²) in [5, 5.41) is 24.3. The second kappa shape index (κ2) is 10.0. The van der Waals surface area contributed by atoms with Gasteiger partial charge in [0.1, 0.15) is 10.7 Å². The van der Waals surface area contributed by atoms with E-state index in [0.29, 0.717) is 53.1 Å². The zero-order chi connectivity index (χ0) is 31.7. The van der Waals surface area contributed by atoms with Gasteiger partial charge in [-0.05, 0) is 69.4 Å². The summed E-state index contributed by atoms with van der Waals surface area (Å²) >= 11 is 1.32. The molecule has 0 saturated heterocycles. The number of nitriles is 2. The summed E-state index contributed by atoms with van der Waals surface area (Å²) < 4.78 is 80.0. The molecule has 0 N–H and O–H groups in total. The van der Waals surface area contributed by atoms with Crippen LogP contribution < -0.4 is 10.7 Å². The van der Waals surface area contributed by atoms with Crippen molar-refractivity contribution in [2.24, 2.45) is 9.98 Å². The minimum Gasteiger partial charge on any atom is -0.172 e. The van der Waals surface area contributed by atoms with Gasteiger partial charge >= 0.3 is 12.4 Å². The molecule has 0 atom stereocenters. The molecular weight excluding hydrogens is 610 g/mol. The third kappa shape index (κ3) is 4.52. The van der Waals surface area contributed by atoms with Gasteiger partial charge in [0.25, 0.3) is 0 Å². The second-order valence-corrected chi connectivity index (χ2v) is 11.3. The van der Waals surface area contributed by atoms with Crippen LogP contribution >= 0.6 is 11.3 Å². The highest BCUT2D eigenvalue weighted by Crippen LogP contribution is 2.43. The molecule has 6 aromatic carbocycles. The van der Waals surface area contributed by atoms with E-state index in [1.807, 2.05) is 24.5 Å². The molecule has 1 heterocycles. The average molecular weight is 625 g/mol. The third-order valence-corrected chi connectivity index (χ3v) is 9.04. The Morgan fingerprint density at radius 3 is 1.18 bits per heavy atom. The quantitative estimate of drug-likeness (QED) is 0.142. The van der Waals surface area contributed by atoms with Crippen LogP contribution in [0.1, 0.15) is 11.1 Å². The van der Waals surface area contributed by atoms with Crippen molar-refractivity contribution in [1.29, 1.82) is 10.5 Å². The van der Waals surface area contributed by atoms with Gasteiger partial charge in [0.05, 0.1) is 20.5 Å². The van der Waals surface area contributed by atoms with E-state index >= 15 is 0 Å². The summed E-state index contributed by atoms with van der Waals surface area (Å²) in [5.41, 5.74) is 0.902. The van der Waals surface area contributed by atoms with Gasteiger partial charge in [0.15, 0.2) is 0 Å². The number of fused-ring (bicyclic) bond motifs is 7. The van der Waals surface area contributed by atoms with Crippen molar-refractivity contribution >= 4 is 53.1 Å². The van der Waals surface area contributed by atoms with E-state index in [1.54, 1.807) is 24.3 Å². The Morgan fingerprint density at radius 1 is 0.489 bits per heavy atom. The van der Waals surface area contributed by atoms with Gasteiger partial charge in [-0.1, -0.05) is 48.5 Å². The highest BCUT2D eigenvalue weighted by molar-refractivity contribution is 7.26. The Bertz CT molecular complexity index is 2340. The van der Waals surface area contributed by atoms with Gasteiger partial charge in [-0.15, -0.1) is 11.3 Å². The van der Waals surface area contributed by atoms with Crippen molar-refractivity contribution in [3.8, 4) is 34.6 Å². The van der Waals surface area contributed by atoms with Crippen molar-refractivity contribution in [3.05, 3.63) is 107 Å². The SMILES string of the molecule is N#C/N=c1/c2cc(-c3ccc(C(F)(F)F)cc3)ccc2c2c1sc1/c(=N/C#N)c3cc(-c4ccc(C(F)(F)F)cc4)ccc3c12. The van der Waals surface area contributed by atoms with Crippen LogP contribution in [0.25, 0.3) is 64.0 Å². The number of hydrogen-bond donors (Lipinski definition) is 0. The number of halogens is 6. The topological polar surface area (TPSA) is 72.3 Å². The van der Waals surface area contributed by atoms with Crippen LogP contribution in [0.2, 0.25) is 0 Å². The minimum atomic E-state index is -4.46. The van der Waals surface area contributed by atoms with E-state index in [2.05, 4.69) is 9.98 Å². The molecule has 218 valence electrons. The first-order valence-corrected chi connectivity index (χ1v) is 14.1. The maximum atomic E-state index is 13.1. The molecule has 0 spiro atoms. The van der Waals surface area contributed by atoms with Crippen molar-refractivity contribution < 1.29 is 26.3 Å². The molecule has 0 aliphatic heterocycles. The van der Waals surface area contributed by atoms with E-state index in [0.717, 1.165) is 45.8 Å². The summed E-state index contributed by atoms with van der Waals surface area (Å²) in [4.78, 5) is 8.21. The Morgan fingerprint density at radius 2 is 0.844 bits per heavy atom. The van der Waals surface area contributed by atoms with Crippen molar-refractivity contribution in [3.63, 3.8) is 0 Å². The molecule has 4 nitrogen and oxygen atoms in total. The van der Waals surface area contributed by atoms with Crippen LogP contribution in [0.5, 0.6) is 0 Å². The summed E-state index contributed by atoms with van der Waals surface area (Å²) in [6.45, 7) is 0. The molecule has 0 amide bonds. The fraction of sp³-hybridized carbons (Fsp3) is 0.0588. The maximum absolute atomic E-state index is 13.1. The second-order valence-electron chi connectivity index (χ2n) is 10.3. The molecule has 0 radical (unpaired) electrons. The van der Waals surface area contributed by atoms with Crippen LogP contribution in [0.4, 0.5) is 26.3 Å². The van der Waals surface area contributed by atoms with Gasteiger partial charge in [-0.3, -0.25) is 0 Å². The standard InChI is InChI=1S/C34H14F6N4S/c35-33(36,37)21-7-1-17(2-8-21)19-5-11-23-25(13-19)29(43-15-41)31-27(23)28-24-12-6-20(14-26(24)30(44-16-42)32(28)45-31)18-3-9-22(10-4-18)34(38,39)40/h1-14H/b43-29-,44-30+. The molecular formula is C34H14F6N4S. The van der Waals surface area contributed by atoms with Crippen LogP contribution in [0, 0.1) is 22.9 Å². The number of rotatable bonds is 2. The molecule has 45 heavy (non-hydrogen) atoms. The first-order valence-electron chi connectivity index (χ1n) is 13.3. The molecule has 7 aromatic rings. The van der Waals surface area contributed by atoms with Gasteiger partial charge in [0, 0.05) is 21.5 Å². The molecule has 0 fully saturated rings. The zero-order valence-electron chi connectivity index (χ0n) is 22.5. The van der Waals surface area contributed by atoms with E-state index in [9.17, 15) is 36.9 Å². The molecule has 0 unspecified atom stereocenters. The number of nitrogens with zero attached hydrogens (tertiary/aromatic N) is 4. The van der Waals surface area contributed by atoms with Gasteiger partial charge in [-0.2, -0.15) is 46.9 Å². The summed E-state index contributed by atoms with van der Waals surface area (Å²) in [6.07, 6.45) is -5.22. The maximum Gasteiger partial charge on any atom is 0.416 e. The molecule has 0 bridgehead atoms. The van der Waals surface area contributed by atoms with E-state index < -0.39 is 23.5 Å². The lowest BCUT2D eigenvalue weighted by molar-refractivity contribution is -0.138. The lowest BCUT2D eigenvalue weighted by Gasteiger charge is -2.08. The monoisotopic (exact) mass is 624 g/mol. The smallest absolute Gasteiger partial charge is 0.172 e. The predicted octanol–water partition coefficient (Wildman–Crippen LogP) is 9.37. The normalized spacial score (nSPS) is 13.3. The Balaban J connectivity index is 1.46. The average Bonchev–Trinajstić information content (AvgIpc) is 3.63. The third-order valence-electron chi connectivity index (χ3n) is 7.84. The molecule has 1 aromatic heterocycles. The van der Waals surface area contributed by atoms with Gasteiger partial charge in [0.2, 0.25) is 12.4 Å². The largest absolute Gasteiger partial charge is 0.416 e. The fourth-order valence-electron chi connectivity index (χ4n) is 5.82. The molecule has 0 aliphatic carbocycles. The van der Waals surface area contributed by atoms with E-state index in [1.165, 1.54) is 35.6 Å². The number of thiophene rings is 1. The van der Waals surface area contributed by atoms with Crippen LogP contribution in [-0.2, 0) is 12.4 Å². The first-order chi connectivity index (χ1) is 21.5. The van der Waals surface area contributed by atoms with Gasteiger partial charge in [-0.25, -0.2) is 0 Å². The predicted molar refractivity (Wildman–Crippen MR) is 160 cm³/mol. The molecule has 7 rings (SSSR count). The summed E-state index contributed by atoms with van der Waals surface area (Å²) in [6, 6.07) is 20.5. The van der Waals surface area contributed by atoms with Crippen LogP contribution in [0.3, 0.4) is 0 Å². The number of hydrogen-bond acceptors (Lipinski definition) is 5.